The standard InChI is InChI=1S/C13H21BrN2S/c1-2-16(10-5-3-4-6-10)11(9-15)12-7-8-13(14)17-12/h7-8,10-11H,2-6,9,15H2,1H3. The quantitative estimate of drug-likeness (QED) is 0.895. The van der Waals surface area contributed by atoms with Crippen LogP contribution in [-0.2, 0) is 0 Å². The first kappa shape index (κ1) is 13.5. The number of hydrogen-bond acceptors (Lipinski definition) is 3. The van der Waals surface area contributed by atoms with Crippen LogP contribution in [0, 0.1) is 0 Å². The number of thiophene rings is 1. The van der Waals surface area contributed by atoms with E-state index in [9.17, 15) is 0 Å². The van der Waals surface area contributed by atoms with Gasteiger partial charge in [-0.2, -0.15) is 0 Å². The van der Waals surface area contributed by atoms with Crippen LogP contribution in [0.15, 0.2) is 15.9 Å². The Kier molecular flexibility index (Phi) is 5.03. The van der Waals surface area contributed by atoms with Gasteiger partial charge in [-0.05, 0) is 47.4 Å². The molecule has 0 spiro atoms. The predicted octanol–water partition coefficient (Wildman–Crippen LogP) is 3.77. The summed E-state index contributed by atoms with van der Waals surface area (Å²) in [6.07, 6.45) is 5.45. The van der Waals surface area contributed by atoms with Crippen LogP contribution in [0.5, 0.6) is 0 Å². The van der Waals surface area contributed by atoms with Crippen molar-refractivity contribution in [2.24, 2.45) is 5.73 Å². The molecule has 1 atom stereocenters. The second-order valence-electron chi connectivity index (χ2n) is 4.66. The van der Waals surface area contributed by atoms with Gasteiger partial charge in [0.2, 0.25) is 0 Å². The summed E-state index contributed by atoms with van der Waals surface area (Å²) in [6.45, 7) is 4.07. The summed E-state index contributed by atoms with van der Waals surface area (Å²) in [5.74, 6) is 0. The Morgan fingerprint density at radius 1 is 1.47 bits per heavy atom. The fourth-order valence-corrected chi connectivity index (χ4v) is 4.45. The van der Waals surface area contributed by atoms with Gasteiger partial charge in [-0.1, -0.05) is 19.8 Å². The molecule has 2 N–H and O–H groups in total. The Morgan fingerprint density at radius 3 is 2.65 bits per heavy atom. The van der Waals surface area contributed by atoms with Gasteiger partial charge in [0.05, 0.1) is 9.83 Å². The minimum atomic E-state index is 0.402. The van der Waals surface area contributed by atoms with Crippen LogP contribution in [0.25, 0.3) is 0 Å². The number of likely N-dealkylation sites (N-methyl/N-ethyl adjacent to an activating group) is 1. The molecule has 96 valence electrons. The SMILES string of the molecule is CCN(C1CCCC1)C(CN)c1ccc(Br)s1. The Bertz CT molecular complexity index is 347. The molecule has 2 rings (SSSR count). The number of nitrogens with zero attached hydrogens (tertiary/aromatic N) is 1. The lowest BCUT2D eigenvalue weighted by molar-refractivity contribution is 0.149. The van der Waals surface area contributed by atoms with E-state index in [0.29, 0.717) is 6.04 Å². The van der Waals surface area contributed by atoms with Crippen LogP contribution in [0.3, 0.4) is 0 Å². The molecule has 0 aromatic carbocycles. The van der Waals surface area contributed by atoms with Crippen molar-refractivity contribution in [2.75, 3.05) is 13.1 Å². The molecule has 1 unspecified atom stereocenters. The van der Waals surface area contributed by atoms with Crippen molar-refractivity contribution in [1.29, 1.82) is 0 Å². The Morgan fingerprint density at radius 2 is 2.18 bits per heavy atom. The first-order valence-electron chi connectivity index (χ1n) is 6.47. The first-order valence-corrected chi connectivity index (χ1v) is 8.08. The lowest BCUT2D eigenvalue weighted by Gasteiger charge is -2.34. The van der Waals surface area contributed by atoms with Crippen LogP contribution in [0.4, 0.5) is 0 Å². The molecule has 0 aliphatic heterocycles. The van der Waals surface area contributed by atoms with Crippen molar-refractivity contribution < 1.29 is 0 Å². The highest BCUT2D eigenvalue weighted by Gasteiger charge is 2.28. The van der Waals surface area contributed by atoms with Gasteiger partial charge in [0.15, 0.2) is 0 Å². The average molecular weight is 317 g/mol. The highest BCUT2D eigenvalue weighted by molar-refractivity contribution is 9.11. The van der Waals surface area contributed by atoms with Gasteiger partial charge in [-0.15, -0.1) is 11.3 Å². The minimum Gasteiger partial charge on any atom is -0.329 e. The molecule has 0 radical (unpaired) electrons. The highest BCUT2D eigenvalue weighted by atomic mass is 79.9. The molecule has 1 fully saturated rings. The predicted molar refractivity (Wildman–Crippen MR) is 78.5 cm³/mol. The molecule has 0 bridgehead atoms. The highest BCUT2D eigenvalue weighted by Crippen LogP contribution is 2.34. The molecule has 1 heterocycles. The maximum Gasteiger partial charge on any atom is 0.0702 e. The van der Waals surface area contributed by atoms with Gasteiger partial charge in [0, 0.05) is 17.5 Å². The summed E-state index contributed by atoms with van der Waals surface area (Å²) in [7, 11) is 0. The maximum absolute atomic E-state index is 6.01. The van der Waals surface area contributed by atoms with Crippen molar-refractivity contribution >= 4 is 27.3 Å². The normalized spacial score (nSPS) is 19.1. The lowest BCUT2D eigenvalue weighted by atomic mass is 10.1. The monoisotopic (exact) mass is 316 g/mol. The molecule has 1 aliphatic rings. The first-order chi connectivity index (χ1) is 8.26. The van der Waals surface area contributed by atoms with Crippen LogP contribution >= 0.6 is 27.3 Å². The molecular weight excluding hydrogens is 296 g/mol. The van der Waals surface area contributed by atoms with E-state index in [1.165, 1.54) is 34.3 Å². The van der Waals surface area contributed by atoms with Crippen LogP contribution < -0.4 is 5.73 Å². The van der Waals surface area contributed by atoms with E-state index in [0.717, 1.165) is 19.1 Å². The third-order valence-electron chi connectivity index (χ3n) is 3.70. The van der Waals surface area contributed by atoms with Crippen molar-refractivity contribution in [3.63, 3.8) is 0 Å². The number of rotatable bonds is 5. The summed E-state index contributed by atoms with van der Waals surface area (Å²) < 4.78 is 1.20. The largest absolute Gasteiger partial charge is 0.329 e. The van der Waals surface area contributed by atoms with E-state index in [4.69, 9.17) is 5.73 Å². The molecular formula is C13H21BrN2S. The Hall–Kier alpha value is 0.1000. The van der Waals surface area contributed by atoms with Gasteiger partial charge in [0.25, 0.3) is 0 Å². The van der Waals surface area contributed by atoms with Crippen LogP contribution in [0.1, 0.15) is 43.5 Å². The number of halogens is 1. The van der Waals surface area contributed by atoms with Gasteiger partial charge in [-0.3, -0.25) is 4.90 Å². The van der Waals surface area contributed by atoms with Gasteiger partial charge >= 0.3 is 0 Å². The van der Waals surface area contributed by atoms with Crippen LogP contribution in [-0.4, -0.2) is 24.0 Å². The molecule has 1 aromatic heterocycles. The summed E-state index contributed by atoms with van der Waals surface area (Å²) in [4.78, 5) is 4.00. The fourth-order valence-electron chi connectivity index (χ4n) is 2.89. The fraction of sp³-hybridized carbons (Fsp3) is 0.692. The van der Waals surface area contributed by atoms with Crippen molar-refractivity contribution in [2.45, 2.75) is 44.7 Å². The topological polar surface area (TPSA) is 29.3 Å². The molecule has 0 amide bonds. The Labute approximate surface area is 116 Å². The second-order valence-corrected chi connectivity index (χ2v) is 7.16. The number of hydrogen-bond donors (Lipinski definition) is 1. The zero-order chi connectivity index (χ0) is 12.3. The molecule has 1 aromatic rings. The second kappa shape index (κ2) is 6.32. The lowest BCUT2D eigenvalue weighted by Crippen LogP contribution is -2.39. The molecule has 1 saturated carbocycles. The number of nitrogens with two attached hydrogens (primary N) is 1. The van der Waals surface area contributed by atoms with E-state index in [-0.39, 0.29) is 0 Å². The van der Waals surface area contributed by atoms with Crippen LogP contribution in [0.2, 0.25) is 0 Å². The van der Waals surface area contributed by atoms with E-state index in [2.05, 4.69) is 39.9 Å². The van der Waals surface area contributed by atoms with Crippen molar-refractivity contribution in [1.82, 2.24) is 4.90 Å². The van der Waals surface area contributed by atoms with E-state index < -0.39 is 0 Å². The zero-order valence-electron chi connectivity index (χ0n) is 10.4. The zero-order valence-corrected chi connectivity index (χ0v) is 12.8. The maximum atomic E-state index is 6.01. The van der Waals surface area contributed by atoms with Crippen molar-refractivity contribution in [3.05, 3.63) is 20.8 Å². The van der Waals surface area contributed by atoms with Gasteiger partial charge in [0.1, 0.15) is 0 Å². The van der Waals surface area contributed by atoms with E-state index >= 15 is 0 Å². The summed E-state index contributed by atoms with van der Waals surface area (Å²) in [5.41, 5.74) is 6.01. The summed E-state index contributed by atoms with van der Waals surface area (Å²) in [6, 6.07) is 5.49. The summed E-state index contributed by atoms with van der Waals surface area (Å²) >= 11 is 5.36. The molecule has 17 heavy (non-hydrogen) atoms. The Balaban J connectivity index is 2.14. The molecule has 1 aliphatic carbocycles. The van der Waals surface area contributed by atoms with E-state index in [1.807, 2.05) is 11.3 Å². The molecule has 2 nitrogen and oxygen atoms in total. The van der Waals surface area contributed by atoms with Gasteiger partial charge in [-0.25, -0.2) is 0 Å². The summed E-state index contributed by atoms with van der Waals surface area (Å²) in [5, 5.41) is 0. The van der Waals surface area contributed by atoms with Crippen molar-refractivity contribution in [3.8, 4) is 0 Å². The average Bonchev–Trinajstić information content (AvgIpc) is 2.96. The van der Waals surface area contributed by atoms with E-state index in [1.54, 1.807) is 0 Å². The third kappa shape index (κ3) is 3.11. The third-order valence-corrected chi connectivity index (χ3v) is 5.43. The molecule has 0 saturated heterocycles. The smallest absolute Gasteiger partial charge is 0.0702 e. The van der Waals surface area contributed by atoms with Gasteiger partial charge < -0.3 is 5.73 Å². The molecule has 4 heteroatoms. The minimum absolute atomic E-state index is 0.402.